The molecule has 0 aliphatic carbocycles. The Morgan fingerprint density at radius 3 is 3.15 bits per heavy atom. The third-order valence-electron chi connectivity index (χ3n) is 3.22. The highest BCUT2D eigenvalue weighted by atomic mass is 16.2. The van der Waals surface area contributed by atoms with Crippen LogP contribution in [0.1, 0.15) is 35.4 Å². The summed E-state index contributed by atoms with van der Waals surface area (Å²) in [7, 11) is 0. The van der Waals surface area contributed by atoms with E-state index < -0.39 is 0 Å². The maximum atomic E-state index is 11.8. The molecule has 0 fully saturated rings. The molecule has 2 amide bonds. The molecule has 0 saturated heterocycles. The van der Waals surface area contributed by atoms with E-state index >= 15 is 0 Å². The number of nitrogens with one attached hydrogen (secondary N) is 2. The van der Waals surface area contributed by atoms with Crippen LogP contribution in [0.25, 0.3) is 6.08 Å². The van der Waals surface area contributed by atoms with Gasteiger partial charge in [0, 0.05) is 25.7 Å². The molecule has 0 aromatic carbocycles. The predicted molar refractivity (Wildman–Crippen MR) is 78.3 cm³/mol. The Bertz CT molecular complexity index is 557. The Morgan fingerprint density at radius 1 is 1.65 bits per heavy atom. The Morgan fingerprint density at radius 2 is 2.45 bits per heavy atom. The molecule has 0 saturated carbocycles. The van der Waals surface area contributed by atoms with Crippen molar-refractivity contribution in [1.29, 1.82) is 0 Å². The largest absolute Gasteiger partial charge is 0.353 e. The third kappa shape index (κ3) is 2.99. The molecule has 2 N–H and O–H groups in total. The van der Waals surface area contributed by atoms with Crippen molar-refractivity contribution in [2.75, 3.05) is 13.1 Å². The summed E-state index contributed by atoms with van der Waals surface area (Å²) in [6.07, 6.45) is 7.76. The van der Waals surface area contributed by atoms with E-state index in [1.165, 1.54) is 0 Å². The van der Waals surface area contributed by atoms with Crippen LogP contribution in [0.15, 0.2) is 31.0 Å². The molecular weight excluding hydrogens is 254 g/mol. The molecule has 0 bridgehead atoms. The Labute approximate surface area is 118 Å². The van der Waals surface area contributed by atoms with Crippen molar-refractivity contribution in [3.8, 4) is 0 Å². The lowest BCUT2D eigenvalue weighted by molar-refractivity contribution is -0.121. The van der Waals surface area contributed by atoms with E-state index in [1.807, 2.05) is 35.9 Å². The van der Waals surface area contributed by atoms with E-state index in [4.69, 9.17) is 0 Å². The maximum absolute atomic E-state index is 11.8. The van der Waals surface area contributed by atoms with Gasteiger partial charge in [-0.3, -0.25) is 9.59 Å². The fourth-order valence-corrected chi connectivity index (χ4v) is 2.31. The van der Waals surface area contributed by atoms with Crippen LogP contribution in [-0.4, -0.2) is 29.5 Å². The summed E-state index contributed by atoms with van der Waals surface area (Å²) >= 11 is 0. The van der Waals surface area contributed by atoms with Gasteiger partial charge in [0.05, 0.1) is 6.04 Å². The monoisotopic (exact) mass is 273 g/mol. The van der Waals surface area contributed by atoms with Crippen molar-refractivity contribution in [3.63, 3.8) is 0 Å². The van der Waals surface area contributed by atoms with Gasteiger partial charge in [-0.25, -0.2) is 0 Å². The number of aromatic nitrogens is 1. The zero-order valence-corrected chi connectivity index (χ0v) is 11.6. The highest BCUT2D eigenvalue weighted by Crippen LogP contribution is 2.22. The van der Waals surface area contributed by atoms with Crippen LogP contribution in [0, 0.1) is 0 Å². The first kappa shape index (κ1) is 14.1. The molecule has 1 aromatic heterocycles. The number of hydrogen-bond donors (Lipinski definition) is 2. The van der Waals surface area contributed by atoms with E-state index in [0.717, 1.165) is 5.56 Å². The van der Waals surface area contributed by atoms with E-state index in [-0.39, 0.29) is 17.9 Å². The minimum Gasteiger partial charge on any atom is -0.353 e. The fourth-order valence-electron chi connectivity index (χ4n) is 2.31. The average molecular weight is 273 g/mol. The molecule has 1 aromatic rings. The highest BCUT2D eigenvalue weighted by Gasteiger charge is 2.26. The van der Waals surface area contributed by atoms with Gasteiger partial charge in [0.25, 0.3) is 5.91 Å². The molecule has 0 spiro atoms. The minimum atomic E-state index is -0.0940. The molecule has 106 valence electrons. The Hall–Kier alpha value is -2.30. The van der Waals surface area contributed by atoms with Crippen LogP contribution >= 0.6 is 0 Å². The van der Waals surface area contributed by atoms with E-state index in [2.05, 4.69) is 17.2 Å². The Kier molecular flexibility index (Phi) is 4.40. The molecule has 1 aliphatic heterocycles. The van der Waals surface area contributed by atoms with Gasteiger partial charge >= 0.3 is 0 Å². The van der Waals surface area contributed by atoms with E-state index in [1.54, 1.807) is 6.08 Å². The lowest BCUT2D eigenvalue weighted by atomic mass is 10.1. The van der Waals surface area contributed by atoms with E-state index in [9.17, 15) is 9.59 Å². The fraction of sp³-hybridized carbons (Fsp3) is 0.333. The molecular formula is C15H19N3O2. The second kappa shape index (κ2) is 6.23. The summed E-state index contributed by atoms with van der Waals surface area (Å²) in [5, 5.41) is 5.58. The quantitative estimate of drug-likeness (QED) is 0.799. The topological polar surface area (TPSA) is 63.1 Å². The Balaban J connectivity index is 2.17. The smallest absolute Gasteiger partial charge is 0.268 e. The van der Waals surface area contributed by atoms with Gasteiger partial charge in [-0.05, 0) is 18.6 Å². The molecule has 2 rings (SSSR count). The van der Waals surface area contributed by atoms with Crippen molar-refractivity contribution in [3.05, 3.63) is 42.3 Å². The van der Waals surface area contributed by atoms with Crippen molar-refractivity contribution in [2.45, 2.75) is 19.4 Å². The molecule has 5 nitrogen and oxygen atoms in total. The summed E-state index contributed by atoms with van der Waals surface area (Å²) in [4.78, 5) is 23.6. The summed E-state index contributed by atoms with van der Waals surface area (Å²) < 4.78 is 1.89. The van der Waals surface area contributed by atoms with Gasteiger partial charge in [-0.15, -0.1) is 6.58 Å². The van der Waals surface area contributed by atoms with Gasteiger partial charge < -0.3 is 15.2 Å². The van der Waals surface area contributed by atoms with Crippen LogP contribution in [0.5, 0.6) is 0 Å². The summed E-state index contributed by atoms with van der Waals surface area (Å²) in [5.41, 5.74) is 1.57. The van der Waals surface area contributed by atoms with Gasteiger partial charge in [0.15, 0.2) is 0 Å². The van der Waals surface area contributed by atoms with Crippen molar-refractivity contribution in [1.82, 2.24) is 15.2 Å². The van der Waals surface area contributed by atoms with Crippen LogP contribution in [0.2, 0.25) is 0 Å². The summed E-state index contributed by atoms with van der Waals surface area (Å²) in [6.45, 7) is 6.42. The van der Waals surface area contributed by atoms with Crippen LogP contribution in [-0.2, 0) is 4.79 Å². The number of nitrogens with zero attached hydrogens (tertiary/aromatic N) is 1. The lowest BCUT2D eigenvalue weighted by Gasteiger charge is -2.25. The molecule has 20 heavy (non-hydrogen) atoms. The minimum absolute atomic E-state index is 0.0433. The SMILES string of the molecule is C=CCNC(=O)CC1CNC(=O)c2cc(/C=C/C)cn21. The molecule has 1 atom stereocenters. The van der Waals surface area contributed by atoms with Crippen LogP contribution < -0.4 is 10.6 Å². The first-order valence-corrected chi connectivity index (χ1v) is 6.66. The van der Waals surface area contributed by atoms with Gasteiger partial charge in [0.1, 0.15) is 5.69 Å². The van der Waals surface area contributed by atoms with Crippen molar-refractivity contribution < 1.29 is 9.59 Å². The number of fused-ring (bicyclic) bond motifs is 1. The normalized spacial score (nSPS) is 17.6. The first-order chi connectivity index (χ1) is 9.65. The number of amides is 2. The molecule has 0 radical (unpaired) electrons. The summed E-state index contributed by atoms with van der Waals surface area (Å²) in [5.74, 6) is -0.137. The van der Waals surface area contributed by atoms with Crippen LogP contribution in [0.3, 0.4) is 0 Å². The van der Waals surface area contributed by atoms with Crippen molar-refractivity contribution >= 4 is 17.9 Å². The highest BCUT2D eigenvalue weighted by molar-refractivity contribution is 5.94. The number of rotatable bonds is 5. The number of hydrogen-bond acceptors (Lipinski definition) is 2. The zero-order chi connectivity index (χ0) is 14.5. The molecule has 1 aliphatic rings. The predicted octanol–water partition coefficient (Wildman–Crippen LogP) is 1.50. The second-order valence-electron chi connectivity index (χ2n) is 4.73. The zero-order valence-electron chi connectivity index (χ0n) is 11.6. The molecule has 5 heteroatoms. The average Bonchev–Trinajstić information content (AvgIpc) is 2.85. The van der Waals surface area contributed by atoms with E-state index in [0.29, 0.717) is 25.2 Å². The lowest BCUT2D eigenvalue weighted by Crippen LogP contribution is -2.40. The number of carbonyl (C=O) groups is 2. The first-order valence-electron chi connectivity index (χ1n) is 6.66. The van der Waals surface area contributed by atoms with Gasteiger partial charge in [0.2, 0.25) is 5.91 Å². The molecule has 2 heterocycles. The number of carbonyl (C=O) groups excluding carboxylic acids is 2. The summed E-state index contributed by atoms with van der Waals surface area (Å²) in [6, 6.07) is 1.79. The molecule has 1 unspecified atom stereocenters. The van der Waals surface area contributed by atoms with Gasteiger partial charge in [-0.1, -0.05) is 18.2 Å². The van der Waals surface area contributed by atoms with Crippen molar-refractivity contribution in [2.24, 2.45) is 0 Å². The third-order valence-corrected chi connectivity index (χ3v) is 3.22. The number of allylic oxidation sites excluding steroid dienone is 1. The maximum Gasteiger partial charge on any atom is 0.268 e. The second-order valence-corrected chi connectivity index (χ2v) is 4.73. The van der Waals surface area contributed by atoms with Gasteiger partial charge in [-0.2, -0.15) is 0 Å². The van der Waals surface area contributed by atoms with Crippen LogP contribution in [0.4, 0.5) is 0 Å². The standard InChI is InChI=1S/C15H19N3O2/c1-3-5-11-7-13-15(20)17-9-12(18(13)10-11)8-14(19)16-6-4-2/h3-5,7,10,12H,2,6,8-9H2,1H3,(H,16,19)(H,17,20)/b5-3+.